The molecule has 0 aliphatic heterocycles. The quantitative estimate of drug-likeness (QED) is 0.287. The standard InChI is InChI=1S/C15H20N2O2.C7H12N2/c1-4-6-15(7-12(15)9-18)10-19-14-8-16-11(3)17-13(14)5-2;1-4-5-6-7(8-2)9-3/h4,8-9,12H,1,5-7,10H2,2-3H3;4-6,9H,2H2,1,3H3/b;5-4-,7-6+/t12?,15-;/m1./s1. The third-order valence-electron chi connectivity index (χ3n) is 4.64. The number of nitrogens with zero attached hydrogens (tertiary/aromatic N) is 3. The molecule has 1 aromatic heterocycles. The van der Waals surface area contributed by atoms with Gasteiger partial charge in [0.15, 0.2) is 5.75 Å². The van der Waals surface area contributed by atoms with E-state index in [0.29, 0.717) is 6.61 Å². The summed E-state index contributed by atoms with van der Waals surface area (Å²) in [5, 5.41) is 2.87. The van der Waals surface area contributed by atoms with E-state index in [1.165, 1.54) is 0 Å². The van der Waals surface area contributed by atoms with Gasteiger partial charge in [-0.1, -0.05) is 25.2 Å². The number of aldehydes is 1. The highest BCUT2D eigenvalue weighted by Gasteiger charge is 2.53. The van der Waals surface area contributed by atoms with Crippen LogP contribution in [0.4, 0.5) is 0 Å². The number of hydrogen-bond donors (Lipinski definition) is 1. The highest BCUT2D eigenvalue weighted by Crippen LogP contribution is 2.54. The second-order valence-corrected chi connectivity index (χ2v) is 6.66. The van der Waals surface area contributed by atoms with Gasteiger partial charge in [-0.2, -0.15) is 0 Å². The normalized spacial score (nSPS) is 20.7. The average molecular weight is 385 g/mol. The van der Waals surface area contributed by atoms with E-state index in [1.54, 1.807) is 6.20 Å². The van der Waals surface area contributed by atoms with E-state index in [2.05, 4.69) is 33.6 Å². The first-order valence-corrected chi connectivity index (χ1v) is 9.49. The molecule has 0 bridgehead atoms. The minimum atomic E-state index is -0.0562. The summed E-state index contributed by atoms with van der Waals surface area (Å²) in [6, 6.07) is 0. The number of hydrogen-bond acceptors (Lipinski definition) is 6. The van der Waals surface area contributed by atoms with Crippen LogP contribution in [-0.2, 0) is 11.2 Å². The summed E-state index contributed by atoms with van der Waals surface area (Å²) in [5.74, 6) is 2.37. The van der Waals surface area contributed by atoms with Crippen molar-refractivity contribution in [2.75, 3.05) is 13.7 Å². The van der Waals surface area contributed by atoms with Gasteiger partial charge in [0.1, 0.15) is 17.9 Å². The highest BCUT2D eigenvalue weighted by atomic mass is 16.5. The number of nitrogens with one attached hydrogen (secondary N) is 1. The van der Waals surface area contributed by atoms with E-state index < -0.39 is 0 Å². The molecule has 2 atom stereocenters. The molecule has 0 spiro atoms. The fourth-order valence-electron chi connectivity index (χ4n) is 2.82. The first-order valence-electron chi connectivity index (χ1n) is 9.49. The van der Waals surface area contributed by atoms with Crippen molar-refractivity contribution in [1.82, 2.24) is 15.3 Å². The van der Waals surface area contributed by atoms with Crippen molar-refractivity contribution in [2.24, 2.45) is 16.3 Å². The van der Waals surface area contributed by atoms with Crippen LogP contribution in [0.3, 0.4) is 0 Å². The topological polar surface area (TPSA) is 76.5 Å². The monoisotopic (exact) mass is 384 g/mol. The molecular weight excluding hydrogens is 352 g/mol. The molecule has 1 aliphatic rings. The minimum absolute atomic E-state index is 0.0562. The lowest BCUT2D eigenvalue weighted by atomic mass is 10.0. The molecular formula is C22H32N4O2. The second-order valence-electron chi connectivity index (χ2n) is 6.66. The van der Waals surface area contributed by atoms with Crippen LogP contribution in [0.2, 0.25) is 0 Å². The van der Waals surface area contributed by atoms with Crippen molar-refractivity contribution >= 4 is 13.0 Å². The number of ether oxygens (including phenoxy) is 1. The van der Waals surface area contributed by atoms with Crippen LogP contribution in [0.15, 0.2) is 47.9 Å². The molecule has 0 aromatic carbocycles. The molecule has 1 N–H and O–H groups in total. The number of aliphatic imine (C=N–C) groups is 1. The Morgan fingerprint density at radius 1 is 1.54 bits per heavy atom. The number of allylic oxidation sites excluding steroid dienone is 4. The van der Waals surface area contributed by atoms with Crippen LogP contribution in [0.5, 0.6) is 5.75 Å². The van der Waals surface area contributed by atoms with Crippen LogP contribution in [0.25, 0.3) is 0 Å². The van der Waals surface area contributed by atoms with E-state index >= 15 is 0 Å². The maximum Gasteiger partial charge on any atom is 0.159 e. The summed E-state index contributed by atoms with van der Waals surface area (Å²) in [5.41, 5.74) is 0.865. The van der Waals surface area contributed by atoms with Gasteiger partial charge < -0.3 is 14.8 Å². The number of carbonyl (C=O) groups excluding carboxylic acids is 1. The fourth-order valence-corrected chi connectivity index (χ4v) is 2.82. The first-order chi connectivity index (χ1) is 13.5. The van der Waals surface area contributed by atoms with E-state index in [-0.39, 0.29) is 11.3 Å². The van der Waals surface area contributed by atoms with Gasteiger partial charge in [-0.3, -0.25) is 0 Å². The average Bonchev–Trinajstić information content (AvgIpc) is 3.41. The fraction of sp³-hybridized carbons (Fsp3) is 0.455. The van der Waals surface area contributed by atoms with Crippen molar-refractivity contribution in [2.45, 2.75) is 40.0 Å². The molecule has 6 nitrogen and oxygen atoms in total. The number of carbonyl (C=O) groups is 1. The molecule has 1 fully saturated rings. The number of rotatable bonds is 10. The maximum atomic E-state index is 10.9. The number of aryl methyl sites for hydroxylation is 2. The van der Waals surface area contributed by atoms with Crippen molar-refractivity contribution < 1.29 is 9.53 Å². The van der Waals surface area contributed by atoms with Crippen LogP contribution in [0.1, 0.15) is 38.2 Å². The summed E-state index contributed by atoms with van der Waals surface area (Å²) in [6.07, 6.45) is 12.8. The highest BCUT2D eigenvalue weighted by molar-refractivity contribution is 5.60. The van der Waals surface area contributed by atoms with E-state index in [0.717, 1.165) is 48.6 Å². The lowest BCUT2D eigenvalue weighted by molar-refractivity contribution is -0.109. The SMILES string of the molecule is C=CC[C@]1(COc2cnc(C)nc2CC)CC1C=O.C=N/C(=C\C=C/C)NC. The second kappa shape index (κ2) is 11.8. The van der Waals surface area contributed by atoms with Crippen molar-refractivity contribution in [3.63, 3.8) is 0 Å². The maximum absolute atomic E-state index is 10.9. The zero-order valence-electron chi connectivity index (χ0n) is 17.4. The Bertz CT molecular complexity index is 727. The van der Waals surface area contributed by atoms with Crippen molar-refractivity contribution in [1.29, 1.82) is 0 Å². The van der Waals surface area contributed by atoms with Gasteiger partial charge in [-0.15, -0.1) is 6.58 Å². The molecule has 0 amide bonds. The largest absolute Gasteiger partial charge is 0.489 e. The molecule has 0 radical (unpaired) electrons. The molecule has 0 saturated heterocycles. The zero-order chi connectivity index (χ0) is 21.0. The van der Waals surface area contributed by atoms with E-state index in [1.807, 2.05) is 52.1 Å². The Balaban J connectivity index is 0.000000370. The predicted octanol–water partition coefficient (Wildman–Crippen LogP) is 3.83. The Morgan fingerprint density at radius 2 is 2.29 bits per heavy atom. The number of aromatic nitrogens is 2. The Morgan fingerprint density at radius 3 is 2.79 bits per heavy atom. The lowest BCUT2D eigenvalue weighted by Gasteiger charge is -2.16. The van der Waals surface area contributed by atoms with Crippen molar-refractivity contribution in [3.8, 4) is 5.75 Å². The molecule has 1 saturated carbocycles. The molecule has 1 aliphatic carbocycles. The van der Waals surface area contributed by atoms with Gasteiger partial charge in [-0.25, -0.2) is 15.0 Å². The van der Waals surface area contributed by atoms with E-state index in [4.69, 9.17) is 4.74 Å². The Labute approximate surface area is 168 Å². The molecule has 1 aromatic rings. The lowest BCUT2D eigenvalue weighted by Crippen LogP contribution is -2.17. The first kappa shape index (κ1) is 23.3. The van der Waals surface area contributed by atoms with Gasteiger partial charge in [0.2, 0.25) is 0 Å². The van der Waals surface area contributed by atoms with Gasteiger partial charge in [0.25, 0.3) is 0 Å². The Kier molecular flexibility index (Phi) is 9.85. The van der Waals surface area contributed by atoms with Crippen LogP contribution in [-0.4, -0.2) is 36.6 Å². The minimum Gasteiger partial charge on any atom is -0.489 e. The third kappa shape index (κ3) is 6.76. The van der Waals surface area contributed by atoms with Gasteiger partial charge in [-0.05, 0) is 45.9 Å². The predicted molar refractivity (Wildman–Crippen MR) is 115 cm³/mol. The van der Waals surface area contributed by atoms with Crippen LogP contribution in [0, 0.1) is 18.3 Å². The molecule has 1 heterocycles. The smallest absolute Gasteiger partial charge is 0.159 e. The van der Waals surface area contributed by atoms with Crippen molar-refractivity contribution in [3.05, 3.63) is 54.4 Å². The summed E-state index contributed by atoms with van der Waals surface area (Å²) in [7, 11) is 1.81. The summed E-state index contributed by atoms with van der Waals surface area (Å²) < 4.78 is 5.86. The molecule has 152 valence electrons. The molecule has 1 unspecified atom stereocenters. The van der Waals surface area contributed by atoms with Gasteiger partial charge >= 0.3 is 0 Å². The summed E-state index contributed by atoms with van der Waals surface area (Å²) >= 11 is 0. The van der Waals surface area contributed by atoms with E-state index in [9.17, 15) is 4.79 Å². The van der Waals surface area contributed by atoms with Gasteiger partial charge in [0, 0.05) is 18.4 Å². The van der Waals surface area contributed by atoms with Crippen LogP contribution < -0.4 is 10.1 Å². The molecule has 28 heavy (non-hydrogen) atoms. The zero-order valence-corrected chi connectivity index (χ0v) is 17.4. The van der Waals surface area contributed by atoms with Crippen LogP contribution >= 0.6 is 0 Å². The summed E-state index contributed by atoms with van der Waals surface area (Å²) in [6.45, 7) is 13.5. The molecule has 6 heteroatoms. The summed E-state index contributed by atoms with van der Waals surface area (Å²) in [4.78, 5) is 23.2. The van der Waals surface area contributed by atoms with Gasteiger partial charge in [0.05, 0.1) is 18.5 Å². The third-order valence-corrected chi connectivity index (χ3v) is 4.64. The molecule has 2 rings (SSSR count). The Hall–Kier alpha value is -2.76.